The highest BCUT2D eigenvalue weighted by Gasteiger charge is 2.20. The van der Waals surface area contributed by atoms with Crippen LogP contribution < -0.4 is 5.32 Å². The fourth-order valence-corrected chi connectivity index (χ4v) is 2.84. The molecule has 0 aromatic carbocycles. The third-order valence-electron chi connectivity index (χ3n) is 4.14. The van der Waals surface area contributed by atoms with Gasteiger partial charge in [-0.25, -0.2) is 0 Å². The van der Waals surface area contributed by atoms with Crippen molar-refractivity contribution >= 4 is 0 Å². The van der Waals surface area contributed by atoms with Gasteiger partial charge in [0.05, 0.1) is 6.10 Å². The van der Waals surface area contributed by atoms with Crippen molar-refractivity contribution in [2.75, 3.05) is 13.2 Å². The van der Waals surface area contributed by atoms with Gasteiger partial charge >= 0.3 is 0 Å². The lowest BCUT2D eigenvalue weighted by Crippen LogP contribution is -2.33. The van der Waals surface area contributed by atoms with Crippen LogP contribution in [0.5, 0.6) is 0 Å². The number of hydrogen-bond acceptors (Lipinski definition) is 2. The Morgan fingerprint density at radius 1 is 1.19 bits per heavy atom. The maximum Gasteiger partial charge on any atom is 0.0587 e. The Hall–Kier alpha value is -0.0800. The number of rotatable bonds is 6. The SMILES string of the molecule is CC(CC1CCC1)NCCC1CCCCO1. The Morgan fingerprint density at radius 2 is 2.06 bits per heavy atom. The van der Waals surface area contributed by atoms with E-state index >= 15 is 0 Å². The van der Waals surface area contributed by atoms with Gasteiger partial charge in [-0.05, 0) is 51.5 Å². The van der Waals surface area contributed by atoms with Gasteiger partial charge in [-0.3, -0.25) is 0 Å². The van der Waals surface area contributed by atoms with Gasteiger partial charge in [0.2, 0.25) is 0 Å². The summed E-state index contributed by atoms with van der Waals surface area (Å²) in [6.45, 7) is 4.46. The van der Waals surface area contributed by atoms with Crippen molar-refractivity contribution in [1.29, 1.82) is 0 Å². The second kappa shape index (κ2) is 6.61. The van der Waals surface area contributed by atoms with Gasteiger partial charge < -0.3 is 10.1 Å². The molecule has 16 heavy (non-hydrogen) atoms. The van der Waals surface area contributed by atoms with Crippen LogP contribution in [0.2, 0.25) is 0 Å². The molecule has 94 valence electrons. The molecule has 1 aliphatic carbocycles. The summed E-state index contributed by atoms with van der Waals surface area (Å²) in [6, 6.07) is 0.703. The molecule has 0 radical (unpaired) electrons. The first-order valence-corrected chi connectivity index (χ1v) is 7.19. The Morgan fingerprint density at radius 3 is 2.69 bits per heavy atom. The van der Waals surface area contributed by atoms with E-state index in [9.17, 15) is 0 Å². The van der Waals surface area contributed by atoms with E-state index in [-0.39, 0.29) is 0 Å². The first-order chi connectivity index (χ1) is 7.84. The lowest BCUT2D eigenvalue weighted by molar-refractivity contribution is 0.0111. The normalized spacial score (nSPS) is 28.7. The summed E-state index contributed by atoms with van der Waals surface area (Å²) < 4.78 is 5.73. The standard InChI is InChI=1S/C14H27NO/c1-12(11-13-5-4-6-13)15-9-8-14-7-2-3-10-16-14/h12-15H,2-11H2,1H3. The topological polar surface area (TPSA) is 21.3 Å². The van der Waals surface area contributed by atoms with E-state index in [0.717, 1.165) is 19.1 Å². The minimum Gasteiger partial charge on any atom is -0.378 e. The maximum absolute atomic E-state index is 5.73. The van der Waals surface area contributed by atoms with E-state index in [0.29, 0.717) is 12.1 Å². The minimum absolute atomic E-state index is 0.539. The first-order valence-electron chi connectivity index (χ1n) is 7.19. The van der Waals surface area contributed by atoms with Crippen LogP contribution in [0.3, 0.4) is 0 Å². The van der Waals surface area contributed by atoms with E-state index in [1.165, 1.54) is 51.4 Å². The Balaban J connectivity index is 1.49. The molecule has 2 heteroatoms. The molecule has 2 aliphatic rings. The Bertz CT molecular complexity index is 185. The third-order valence-corrected chi connectivity index (χ3v) is 4.14. The molecule has 2 rings (SSSR count). The van der Waals surface area contributed by atoms with Gasteiger partial charge in [0.1, 0.15) is 0 Å². The van der Waals surface area contributed by atoms with Crippen molar-refractivity contribution in [2.45, 2.75) is 70.4 Å². The predicted octanol–water partition coefficient (Wildman–Crippen LogP) is 3.11. The van der Waals surface area contributed by atoms with Crippen molar-refractivity contribution in [3.8, 4) is 0 Å². The van der Waals surface area contributed by atoms with Gasteiger partial charge in [0, 0.05) is 12.6 Å². The summed E-state index contributed by atoms with van der Waals surface area (Å²) in [4.78, 5) is 0. The molecule has 2 atom stereocenters. The Kier molecular flexibility index (Phi) is 5.11. The second-order valence-electron chi connectivity index (χ2n) is 5.67. The van der Waals surface area contributed by atoms with Crippen LogP contribution in [-0.4, -0.2) is 25.3 Å². The van der Waals surface area contributed by atoms with Crippen LogP contribution in [0, 0.1) is 5.92 Å². The van der Waals surface area contributed by atoms with Gasteiger partial charge in [-0.2, -0.15) is 0 Å². The second-order valence-corrected chi connectivity index (χ2v) is 5.67. The summed E-state index contributed by atoms with van der Waals surface area (Å²) >= 11 is 0. The Labute approximate surface area is 100 Å². The number of hydrogen-bond donors (Lipinski definition) is 1. The molecule has 0 spiro atoms. The van der Waals surface area contributed by atoms with Crippen molar-refractivity contribution in [2.24, 2.45) is 5.92 Å². The van der Waals surface area contributed by atoms with Gasteiger partial charge in [-0.15, -0.1) is 0 Å². The zero-order valence-corrected chi connectivity index (χ0v) is 10.7. The molecule has 1 N–H and O–H groups in total. The van der Waals surface area contributed by atoms with Crippen molar-refractivity contribution in [3.05, 3.63) is 0 Å². The zero-order valence-electron chi connectivity index (χ0n) is 10.7. The van der Waals surface area contributed by atoms with E-state index in [2.05, 4.69) is 12.2 Å². The van der Waals surface area contributed by atoms with Gasteiger partial charge in [-0.1, -0.05) is 19.3 Å². The van der Waals surface area contributed by atoms with Crippen molar-refractivity contribution in [1.82, 2.24) is 5.32 Å². The number of nitrogens with one attached hydrogen (secondary N) is 1. The van der Waals surface area contributed by atoms with Crippen LogP contribution in [0.25, 0.3) is 0 Å². The molecule has 2 unspecified atom stereocenters. The van der Waals surface area contributed by atoms with Gasteiger partial charge in [0.25, 0.3) is 0 Å². The molecular weight excluding hydrogens is 198 g/mol. The quantitative estimate of drug-likeness (QED) is 0.750. The minimum atomic E-state index is 0.539. The van der Waals surface area contributed by atoms with Crippen LogP contribution in [0.4, 0.5) is 0 Å². The predicted molar refractivity (Wildman–Crippen MR) is 67.6 cm³/mol. The molecule has 2 fully saturated rings. The summed E-state index contributed by atoms with van der Waals surface area (Å²) in [7, 11) is 0. The average molecular weight is 225 g/mol. The van der Waals surface area contributed by atoms with Crippen LogP contribution >= 0.6 is 0 Å². The van der Waals surface area contributed by atoms with E-state index in [4.69, 9.17) is 4.74 Å². The number of ether oxygens (including phenoxy) is 1. The molecule has 0 aromatic heterocycles. The summed E-state index contributed by atoms with van der Waals surface area (Å²) in [5.74, 6) is 1.02. The highest BCUT2D eigenvalue weighted by atomic mass is 16.5. The van der Waals surface area contributed by atoms with Crippen LogP contribution in [0.1, 0.15) is 58.3 Å². The third kappa shape index (κ3) is 4.06. The average Bonchev–Trinajstić information content (AvgIpc) is 2.25. The lowest BCUT2D eigenvalue weighted by atomic mass is 9.81. The fraction of sp³-hybridized carbons (Fsp3) is 1.00. The van der Waals surface area contributed by atoms with E-state index < -0.39 is 0 Å². The zero-order chi connectivity index (χ0) is 11.2. The molecule has 0 aromatic rings. The summed E-state index contributed by atoms with van der Waals surface area (Å²) in [5, 5.41) is 3.65. The van der Waals surface area contributed by atoms with Gasteiger partial charge in [0.15, 0.2) is 0 Å². The molecule has 0 bridgehead atoms. The smallest absolute Gasteiger partial charge is 0.0587 e. The molecular formula is C14H27NO. The van der Waals surface area contributed by atoms with E-state index in [1.807, 2.05) is 0 Å². The van der Waals surface area contributed by atoms with Crippen LogP contribution in [0.15, 0.2) is 0 Å². The molecule has 1 saturated heterocycles. The van der Waals surface area contributed by atoms with Crippen LogP contribution in [-0.2, 0) is 4.74 Å². The largest absolute Gasteiger partial charge is 0.378 e. The highest BCUT2D eigenvalue weighted by Crippen LogP contribution is 2.30. The summed E-state index contributed by atoms with van der Waals surface area (Å²) in [6.07, 6.45) is 11.4. The maximum atomic E-state index is 5.73. The van der Waals surface area contributed by atoms with Crippen molar-refractivity contribution < 1.29 is 4.74 Å². The lowest BCUT2D eigenvalue weighted by Gasteiger charge is -2.29. The van der Waals surface area contributed by atoms with E-state index in [1.54, 1.807) is 0 Å². The molecule has 1 aliphatic heterocycles. The highest BCUT2D eigenvalue weighted by molar-refractivity contribution is 4.75. The fourth-order valence-electron chi connectivity index (χ4n) is 2.84. The van der Waals surface area contributed by atoms with Crippen molar-refractivity contribution in [3.63, 3.8) is 0 Å². The summed E-state index contributed by atoms with van der Waals surface area (Å²) in [5.41, 5.74) is 0. The first kappa shape index (κ1) is 12.4. The molecule has 2 nitrogen and oxygen atoms in total. The monoisotopic (exact) mass is 225 g/mol. The molecule has 0 amide bonds. The molecule has 1 heterocycles. The molecule has 1 saturated carbocycles.